The highest BCUT2D eigenvalue weighted by atomic mass is 16.6. The Labute approximate surface area is 86.5 Å². The molecule has 2 unspecified atom stereocenters. The highest BCUT2D eigenvalue weighted by Crippen LogP contribution is 2.13. The zero-order valence-corrected chi connectivity index (χ0v) is 9.29. The van der Waals surface area contributed by atoms with Gasteiger partial charge in [0, 0.05) is 0 Å². The Bertz CT molecular complexity index is 190. The standard InChI is InChI=1S/C11H21NO2/c1-5-6-7-9(2)10(3)8-14-11(13)12-4/h5-6,9,11-13H,3,7-8H2,1-2,4H3. The minimum absolute atomic E-state index is 0.384. The molecule has 0 fully saturated rings. The van der Waals surface area contributed by atoms with E-state index >= 15 is 0 Å². The maximum absolute atomic E-state index is 9.08. The Hall–Kier alpha value is -0.640. The number of ether oxygens (including phenoxy) is 1. The van der Waals surface area contributed by atoms with Crippen molar-refractivity contribution < 1.29 is 9.84 Å². The van der Waals surface area contributed by atoms with Crippen molar-refractivity contribution in [2.75, 3.05) is 13.7 Å². The fourth-order valence-corrected chi connectivity index (χ4v) is 0.918. The lowest BCUT2D eigenvalue weighted by molar-refractivity contribution is -0.109. The Kier molecular flexibility index (Phi) is 7.38. The fraction of sp³-hybridized carbons (Fsp3) is 0.636. The topological polar surface area (TPSA) is 41.5 Å². The molecule has 0 saturated heterocycles. The van der Waals surface area contributed by atoms with E-state index in [0.29, 0.717) is 12.5 Å². The van der Waals surface area contributed by atoms with Crippen LogP contribution in [0.25, 0.3) is 0 Å². The summed E-state index contributed by atoms with van der Waals surface area (Å²) < 4.78 is 5.07. The molecule has 2 N–H and O–H groups in total. The van der Waals surface area contributed by atoms with Crippen LogP contribution in [0.3, 0.4) is 0 Å². The van der Waals surface area contributed by atoms with Gasteiger partial charge in [-0.2, -0.15) is 0 Å². The third kappa shape index (κ3) is 5.91. The van der Waals surface area contributed by atoms with Crippen molar-refractivity contribution in [1.29, 1.82) is 0 Å². The van der Waals surface area contributed by atoms with Gasteiger partial charge in [0.15, 0.2) is 0 Å². The van der Waals surface area contributed by atoms with Gasteiger partial charge in [0.05, 0.1) is 6.61 Å². The zero-order valence-electron chi connectivity index (χ0n) is 9.29. The van der Waals surface area contributed by atoms with Crippen LogP contribution in [0.4, 0.5) is 0 Å². The predicted octanol–water partition coefficient (Wildman–Crippen LogP) is 1.66. The summed E-state index contributed by atoms with van der Waals surface area (Å²) in [6, 6.07) is 0. The number of nitrogens with one attached hydrogen (secondary N) is 1. The largest absolute Gasteiger partial charge is 0.356 e. The Morgan fingerprint density at radius 1 is 1.64 bits per heavy atom. The first-order valence-corrected chi connectivity index (χ1v) is 4.87. The third-order valence-corrected chi connectivity index (χ3v) is 2.10. The van der Waals surface area contributed by atoms with Crippen LogP contribution in [0.15, 0.2) is 24.3 Å². The summed E-state index contributed by atoms with van der Waals surface area (Å²) in [4.78, 5) is 0. The zero-order chi connectivity index (χ0) is 11.0. The number of hydrogen-bond acceptors (Lipinski definition) is 3. The Balaban J connectivity index is 3.72. The molecule has 0 rings (SSSR count). The van der Waals surface area contributed by atoms with Gasteiger partial charge < -0.3 is 9.84 Å². The van der Waals surface area contributed by atoms with E-state index in [1.165, 1.54) is 0 Å². The van der Waals surface area contributed by atoms with Gasteiger partial charge in [-0.15, -0.1) is 0 Å². The molecule has 0 aliphatic heterocycles. The average Bonchev–Trinajstić information content (AvgIpc) is 2.21. The number of aliphatic hydroxyl groups excluding tert-OH is 1. The molecular formula is C11H21NO2. The van der Waals surface area contributed by atoms with Gasteiger partial charge in [-0.25, -0.2) is 0 Å². The minimum Gasteiger partial charge on any atom is -0.356 e. The van der Waals surface area contributed by atoms with E-state index in [9.17, 15) is 0 Å². The molecule has 0 bridgehead atoms. The molecule has 2 atom stereocenters. The highest BCUT2D eigenvalue weighted by molar-refractivity contribution is 5.02. The number of hydrogen-bond donors (Lipinski definition) is 2. The summed E-state index contributed by atoms with van der Waals surface area (Å²) in [5.74, 6) is 0.384. The van der Waals surface area contributed by atoms with Crippen LogP contribution in [0.2, 0.25) is 0 Å². The van der Waals surface area contributed by atoms with Gasteiger partial charge in [-0.1, -0.05) is 25.7 Å². The molecule has 82 valence electrons. The van der Waals surface area contributed by atoms with Crippen LogP contribution in [-0.2, 0) is 4.74 Å². The first-order valence-electron chi connectivity index (χ1n) is 4.87. The maximum Gasteiger partial charge on any atom is 0.213 e. The highest BCUT2D eigenvalue weighted by Gasteiger charge is 2.07. The summed E-state index contributed by atoms with van der Waals surface area (Å²) in [7, 11) is 1.64. The predicted molar refractivity (Wildman–Crippen MR) is 58.8 cm³/mol. The molecule has 14 heavy (non-hydrogen) atoms. The molecule has 0 amide bonds. The second-order valence-corrected chi connectivity index (χ2v) is 3.32. The number of allylic oxidation sites excluding steroid dienone is 2. The lowest BCUT2D eigenvalue weighted by Crippen LogP contribution is -2.28. The lowest BCUT2D eigenvalue weighted by Gasteiger charge is -2.15. The van der Waals surface area contributed by atoms with Crippen molar-refractivity contribution in [2.24, 2.45) is 5.92 Å². The maximum atomic E-state index is 9.08. The molecule has 0 spiro atoms. The monoisotopic (exact) mass is 199 g/mol. The van der Waals surface area contributed by atoms with Crippen LogP contribution in [-0.4, -0.2) is 25.2 Å². The van der Waals surface area contributed by atoms with Crippen molar-refractivity contribution in [3.63, 3.8) is 0 Å². The number of aliphatic hydroxyl groups is 1. The molecule has 0 aliphatic carbocycles. The van der Waals surface area contributed by atoms with Crippen LogP contribution in [0, 0.1) is 5.92 Å². The third-order valence-electron chi connectivity index (χ3n) is 2.10. The van der Waals surface area contributed by atoms with Gasteiger partial charge in [0.2, 0.25) is 6.41 Å². The van der Waals surface area contributed by atoms with E-state index in [0.717, 1.165) is 12.0 Å². The van der Waals surface area contributed by atoms with Crippen molar-refractivity contribution in [3.05, 3.63) is 24.3 Å². The minimum atomic E-state index is -0.902. The smallest absolute Gasteiger partial charge is 0.213 e. The van der Waals surface area contributed by atoms with Gasteiger partial charge in [0.1, 0.15) is 0 Å². The van der Waals surface area contributed by atoms with Crippen LogP contribution >= 0.6 is 0 Å². The van der Waals surface area contributed by atoms with Gasteiger partial charge in [0.25, 0.3) is 0 Å². The summed E-state index contributed by atoms with van der Waals surface area (Å²) in [6.07, 6.45) is 4.19. The fourth-order valence-electron chi connectivity index (χ4n) is 0.918. The second kappa shape index (κ2) is 7.74. The average molecular weight is 199 g/mol. The van der Waals surface area contributed by atoms with Crippen molar-refractivity contribution >= 4 is 0 Å². The van der Waals surface area contributed by atoms with Crippen molar-refractivity contribution in [1.82, 2.24) is 5.32 Å². The van der Waals surface area contributed by atoms with E-state index in [2.05, 4.69) is 24.9 Å². The van der Waals surface area contributed by atoms with Gasteiger partial charge in [-0.3, -0.25) is 5.32 Å². The van der Waals surface area contributed by atoms with Crippen LogP contribution < -0.4 is 5.32 Å². The molecule has 0 heterocycles. The van der Waals surface area contributed by atoms with Gasteiger partial charge in [-0.05, 0) is 31.9 Å². The normalized spacial score (nSPS) is 15.7. The summed E-state index contributed by atoms with van der Waals surface area (Å²) in [5.41, 5.74) is 0.998. The molecule has 0 aromatic heterocycles. The molecule has 0 aromatic rings. The molecule has 0 aliphatic rings. The molecule has 0 radical (unpaired) electrons. The summed E-state index contributed by atoms with van der Waals surface area (Å²) >= 11 is 0. The molecule has 3 heteroatoms. The van der Waals surface area contributed by atoms with Crippen molar-refractivity contribution in [2.45, 2.75) is 26.7 Å². The Morgan fingerprint density at radius 3 is 2.79 bits per heavy atom. The number of rotatable bonds is 7. The lowest BCUT2D eigenvalue weighted by atomic mass is 10.00. The molecule has 3 nitrogen and oxygen atoms in total. The first kappa shape index (κ1) is 13.4. The van der Waals surface area contributed by atoms with Crippen LogP contribution in [0.5, 0.6) is 0 Å². The molecule has 0 aromatic carbocycles. The van der Waals surface area contributed by atoms with Gasteiger partial charge >= 0.3 is 0 Å². The van der Waals surface area contributed by atoms with E-state index in [1.54, 1.807) is 7.05 Å². The van der Waals surface area contributed by atoms with Crippen LogP contribution in [0.1, 0.15) is 20.3 Å². The van der Waals surface area contributed by atoms with E-state index in [-0.39, 0.29) is 0 Å². The summed E-state index contributed by atoms with van der Waals surface area (Å²) in [5, 5.41) is 11.7. The quantitative estimate of drug-likeness (QED) is 0.484. The molecular weight excluding hydrogens is 178 g/mol. The first-order chi connectivity index (χ1) is 6.61. The second-order valence-electron chi connectivity index (χ2n) is 3.32. The van der Waals surface area contributed by atoms with E-state index in [4.69, 9.17) is 9.84 Å². The van der Waals surface area contributed by atoms with E-state index in [1.807, 2.05) is 13.0 Å². The Morgan fingerprint density at radius 2 is 2.29 bits per heavy atom. The summed E-state index contributed by atoms with van der Waals surface area (Å²) in [6.45, 7) is 8.40. The van der Waals surface area contributed by atoms with Crippen molar-refractivity contribution in [3.8, 4) is 0 Å². The molecule has 0 saturated carbocycles. The SMILES string of the molecule is C=C(COC(O)NC)C(C)CC=CC. The van der Waals surface area contributed by atoms with E-state index < -0.39 is 6.41 Å².